The van der Waals surface area contributed by atoms with Gasteiger partial charge in [-0.1, -0.05) is 24.3 Å². The van der Waals surface area contributed by atoms with E-state index >= 15 is 0 Å². The van der Waals surface area contributed by atoms with Crippen LogP contribution in [-0.2, 0) is 11.3 Å². The highest BCUT2D eigenvalue weighted by Gasteiger charge is 2.26. The highest BCUT2D eigenvalue weighted by molar-refractivity contribution is 5.78. The fraction of sp³-hybridized carbons (Fsp3) is 0.435. The Morgan fingerprint density at radius 3 is 2.77 bits per heavy atom. The topological polar surface area (TPSA) is 65.0 Å². The Labute approximate surface area is 181 Å². The van der Waals surface area contributed by atoms with Crippen LogP contribution in [0.25, 0.3) is 0 Å². The fourth-order valence-corrected chi connectivity index (χ4v) is 3.66. The predicted molar refractivity (Wildman–Crippen MR) is 114 cm³/mol. The number of nitrogens with one attached hydrogen (secondary N) is 1. The summed E-state index contributed by atoms with van der Waals surface area (Å²) in [5.74, 6) is -0.752. The predicted octanol–water partition coefficient (Wildman–Crippen LogP) is 2.03. The summed E-state index contributed by atoms with van der Waals surface area (Å²) in [6.45, 7) is 5.11. The summed E-state index contributed by atoms with van der Waals surface area (Å²) in [6, 6.07) is 12.4. The van der Waals surface area contributed by atoms with Crippen molar-refractivity contribution < 1.29 is 23.4 Å². The Bertz CT molecular complexity index is 867. The average molecular weight is 433 g/mol. The van der Waals surface area contributed by atoms with E-state index in [0.29, 0.717) is 32.7 Å². The monoisotopic (exact) mass is 433 g/mol. The minimum Gasteiger partial charge on any atom is -0.488 e. The smallest absolute Gasteiger partial charge is 0.234 e. The number of para-hydroxylation sites is 1. The van der Waals surface area contributed by atoms with Crippen molar-refractivity contribution in [2.24, 2.45) is 0 Å². The lowest BCUT2D eigenvalue weighted by atomic mass is 10.1. The maximum absolute atomic E-state index is 13.6. The second kappa shape index (κ2) is 11.2. The maximum Gasteiger partial charge on any atom is 0.234 e. The number of carbonyl (C=O) groups excluding carboxylic acids is 1. The molecular formula is C23H29F2N3O3. The van der Waals surface area contributed by atoms with Crippen molar-refractivity contribution >= 4 is 5.91 Å². The lowest BCUT2D eigenvalue weighted by molar-refractivity contribution is -0.123. The van der Waals surface area contributed by atoms with Gasteiger partial charge < -0.3 is 15.2 Å². The van der Waals surface area contributed by atoms with Crippen molar-refractivity contribution in [2.75, 3.05) is 39.3 Å². The Kier molecular flexibility index (Phi) is 8.34. The molecule has 1 heterocycles. The molecule has 0 spiro atoms. The number of hydrogen-bond donors (Lipinski definition) is 2. The van der Waals surface area contributed by atoms with Crippen LogP contribution in [0.4, 0.5) is 8.78 Å². The zero-order chi connectivity index (χ0) is 22.2. The minimum atomic E-state index is -0.747. The van der Waals surface area contributed by atoms with Gasteiger partial charge in [-0.05, 0) is 36.8 Å². The molecule has 6 nitrogen and oxygen atoms in total. The number of carbonyl (C=O) groups is 1. The molecule has 168 valence electrons. The standard InChI is InChI=1S/C23H29F2N3O3/c1-17-13-27(15-23(30)26-12-18-5-4-6-19(24)11-18)9-10-28(17)14-20(29)16-31-22-8-3-2-7-21(22)25/h2-8,11,17,20,29H,9-10,12-16H2,1H3,(H,26,30)/t17-,20+/m0/s1. The number of aliphatic hydroxyl groups is 1. The Morgan fingerprint density at radius 2 is 2.03 bits per heavy atom. The third-order valence-corrected chi connectivity index (χ3v) is 5.31. The summed E-state index contributed by atoms with van der Waals surface area (Å²) < 4.78 is 32.2. The molecule has 2 aromatic rings. The molecule has 8 heteroatoms. The van der Waals surface area contributed by atoms with Gasteiger partial charge in [-0.2, -0.15) is 0 Å². The van der Waals surface area contributed by atoms with Crippen LogP contribution >= 0.6 is 0 Å². The molecule has 0 aliphatic carbocycles. The fourth-order valence-electron chi connectivity index (χ4n) is 3.66. The van der Waals surface area contributed by atoms with E-state index in [0.717, 1.165) is 5.56 Å². The van der Waals surface area contributed by atoms with Gasteiger partial charge in [0.1, 0.15) is 18.5 Å². The van der Waals surface area contributed by atoms with Gasteiger partial charge >= 0.3 is 0 Å². The molecule has 1 aliphatic heterocycles. The van der Waals surface area contributed by atoms with E-state index in [-0.39, 0.29) is 36.7 Å². The van der Waals surface area contributed by atoms with E-state index in [9.17, 15) is 18.7 Å². The molecule has 0 unspecified atom stereocenters. The van der Waals surface area contributed by atoms with Crippen LogP contribution in [0.2, 0.25) is 0 Å². The number of hydrogen-bond acceptors (Lipinski definition) is 5. The first kappa shape index (κ1) is 23.1. The number of rotatable bonds is 9. The summed E-state index contributed by atoms with van der Waals surface area (Å²) in [6.07, 6.45) is -0.747. The van der Waals surface area contributed by atoms with Gasteiger partial charge in [0.15, 0.2) is 11.6 Å². The second-order valence-corrected chi connectivity index (χ2v) is 7.88. The molecule has 2 N–H and O–H groups in total. The SMILES string of the molecule is C[C@H]1CN(CC(=O)NCc2cccc(F)c2)CCN1C[C@@H](O)COc1ccccc1F. The van der Waals surface area contributed by atoms with Gasteiger partial charge in [0.2, 0.25) is 5.91 Å². The first-order valence-electron chi connectivity index (χ1n) is 10.4. The van der Waals surface area contributed by atoms with Crippen LogP contribution in [0.5, 0.6) is 5.75 Å². The van der Waals surface area contributed by atoms with E-state index < -0.39 is 11.9 Å². The Balaban J connectivity index is 1.37. The minimum absolute atomic E-state index is 0.0103. The number of ether oxygens (including phenoxy) is 1. The second-order valence-electron chi connectivity index (χ2n) is 7.88. The molecule has 3 rings (SSSR count). The van der Waals surface area contributed by atoms with Gasteiger partial charge in [-0.15, -0.1) is 0 Å². The van der Waals surface area contributed by atoms with Gasteiger partial charge in [0, 0.05) is 38.8 Å². The quantitative estimate of drug-likeness (QED) is 0.634. The van der Waals surface area contributed by atoms with Crippen molar-refractivity contribution in [1.29, 1.82) is 0 Å². The van der Waals surface area contributed by atoms with Gasteiger partial charge in [-0.3, -0.25) is 14.6 Å². The molecule has 0 aromatic heterocycles. The van der Waals surface area contributed by atoms with Gasteiger partial charge in [0.05, 0.1) is 6.54 Å². The van der Waals surface area contributed by atoms with Crippen LogP contribution < -0.4 is 10.1 Å². The number of nitrogens with zero attached hydrogens (tertiary/aromatic N) is 2. The maximum atomic E-state index is 13.6. The Morgan fingerprint density at radius 1 is 1.23 bits per heavy atom. The van der Waals surface area contributed by atoms with E-state index in [4.69, 9.17) is 4.74 Å². The summed E-state index contributed by atoms with van der Waals surface area (Å²) in [5.41, 5.74) is 0.720. The molecule has 2 aromatic carbocycles. The summed E-state index contributed by atoms with van der Waals surface area (Å²) in [4.78, 5) is 16.4. The highest BCUT2D eigenvalue weighted by atomic mass is 19.1. The molecule has 1 aliphatic rings. The molecule has 1 saturated heterocycles. The molecule has 1 fully saturated rings. The van der Waals surface area contributed by atoms with Gasteiger partial charge in [0.25, 0.3) is 0 Å². The highest BCUT2D eigenvalue weighted by Crippen LogP contribution is 2.16. The number of aliphatic hydroxyl groups excluding tert-OH is 1. The molecule has 31 heavy (non-hydrogen) atoms. The molecule has 1 amide bonds. The van der Waals surface area contributed by atoms with Crippen molar-refractivity contribution in [3.05, 3.63) is 65.7 Å². The zero-order valence-corrected chi connectivity index (χ0v) is 17.6. The number of halogens is 2. The summed E-state index contributed by atoms with van der Waals surface area (Å²) in [7, 11) is 0. The van der Waals surface area contributed by atoms with E-state index in [1.54, 1.807) is 24.3 Å². The molecule has 0 saturated carbocycles. The van der Waals surface area contributed by atoms with E-state index in [1.807, 2.05) is 6.92 Å². The lowest BCUT2D eigenvalue weighted by Crippen LogP contribution is -2.55. The van der Waals surface area contributed by atoms with Crippen molar-refractivity contribution in [3.63, 3.8) is 0 Å². The number of piperazine rings is 1. The first-order chi connectivity index (χ1) is 14.9. The van der Waals surface area contributed by atoms with Crippen LogP contribution in [-0.4, -0.2) is 72.3 Å². The number of benzene rings is 2. The van der Waals surface area contributed by atoms with Crippen LogP contribution in [0.1, 0.15) is 12.5 Å². The van der Waals surface area contributed by atoms with E-state index in [2.05, 4.69) is 15.1 Å². The van der Waals surface area contributed by atoms with Crippen molar-refractivity contribution in [2.45, 2.75) is 25.6 Å². The Hall–Kier alpha value is -2.55. The molecule has 0 bridgehead atoms. The first-order valence-corrected chi connectivity index (χ1v) is 10.4. The number of β-amino-alcohol motifs (C(OH)–C–C–N with tert-alkyl or cyclic N) is 1. The summed E-state index contributed by atoms with van der Waals surface area (Å²) in [5, 5.41) is 13.1. The van der Waals surface area contributed by atoms with Crippen LogP contribution in [0, 0.1) is 11.6 Å². The summed E-state index contributed by atoms with van der Waals surface area (Å²) >= 11 is 0. The third-order valence-electron chi connectivity index (χ3n) is 5.31. The molecular weight excluding hydrogens is 404 g/mol. The van der Waals surface area contributed by atoms with Crippen molar-refractivity contribution in [3.8, 4) is 5.75 Å². The normalized spacial score (nSPS) is 18.5. The lowest BCUT2D eigenvalue weighted by Gasteiger charge is -2.40. The van der Waals surface area contributed by atoms with Crippen LogP contribution in [0.3, 0.4) is 0 Å². The molecule has 2 atom stereocenters. The average Bonchev–Trinajstić information content (AvgIpc) is 2.74. The zero-order valence-electron chi connectivity index (χ0n) is 17.6. The van der Waals surface area contributed by atoms with E-state index in [1.165, 1.54) is 24.3 Å². The van der Waals surface area contributed by atoms with Crippen molar-refractivity contribution in [1.82, 2.24) is 15.1 Å². The molecule has 0 radical (unpaired) electrons. The largest absolute Gasteiger partial charge is 0.488 e. The van der Waals surface area contributed by atoms with Crippen LogP contribution in [0.15, 0.2) is 48.5 Å². The third kappa shape index (κ3) is 7.27. The number of amides is 1. The van der Waals surface area contributed by atoms with Gasteiger partial charge in [-0.25, -0.2) is 8.78 Å².